The highest BCUT2D eigenvalue weighted by atomic mass is 32.1. The fraction of sp³-hybridized carbons (Fsp3) is 0.214. The Balaban J connectivity index is 1.95. The molecule has 0 saturated carbocycles. The highest BCUT2D eigenvalue weighted by Crippen LogP contribution is 2.12. The quantitative estimate of drug-likeness (QED) is 0.830. The molecule has 0 unspecified atom stereocenters. The van der Waals surface area contributed by atoms with Crippen LogP contribution in [0.15, 0.2) is 41.8 Å². The van der Waals surface area contributed by atoms with Crippen LogP contribution in [0.3, 0.4) is 0 Å². The molecule has 0 radical (unpaired) electrons. The summed E-state index contributed by atoms with van der Waals surface area (Å²) in [6.07, 6.45) is 0.236. The topological polar surface area (TPSA) is 20.3 Å². The Morgan fingerprint density at radius 1 is 1.33 bits per heavy atom. The van der Waals surface area contributed by atoms with E-state index in [2.05, 4.69) is 0 Å². The minimum Gasteiger partial charge on any atom is -0.340 e. The molecule has 2 rings (SSSR count). The van der Waals surface area contributed by atoms with Gasteiger partial charge in [-0.2, -0.15) is 0 Å². The van der Waals surface area contributed by atoms with Crippen molar-refractivity contribution in [1.29, 1.82) is 0 Å². The second kappa shape index (κ2) is 5.78. The minimum atomic E-state index is -0.304. The fourth-order valence-electron chi connectivity index (χ4n) is 1.68. The summed E-state index contributed by atoms with van der Waals surface area (Å²) >= 11 is 1.62. The number of hydrogen-bond donors (Lipinski definition) is 0. The summed E-state index contributed by atoms with van der Waals surface area (Å²) in [5.74, 6) is -0.310. The Hall–Kier alpha value is -1.68. The van der Waals surface area contributed by atoms with Crippen LogP contribution in [0.5, 0.6) is 0 Å². The van der Waals surface area contributed by atoms with Gasteiger partial charge in [0, 0.05) is 11.9 Å². The summed E-state index contributed by atoms with van der Waals surface area (Å²) in [4.78, 5) is 14.8. The first-order valence-electron chi connectivity index (χ1n) is 5.66. The molecule has 0 aliphatic heterocycles. The number of carbonyl (C=O) groups is 1. The van der Waals surface area contributed by atoms with Crippen molar-refractivity contribution in [3.05, 3.63) is 58.0 Å². The van der Waals surface area contributed by atoms with Gasteiger partial charge in [-0.25, -0.2) is 4.39 Å². The van der Waals surface area contributed by atoms with Crippen LogP contribution in [0.1, 0.15) is 10.4 Å². The van der Waals surface area contributed by atoms with Crippen LogP contribution in [0.25, 0.3) is 0 Å². The van der Waals surface area contributed by atoms with Crippen LogP contribution in [0.2, 0.25) is 0 Å². The number of thiophene rings is 1. The Morgan fingerprint density at radius 3 is 2.83 bits per heavy atom. The van der Waals surface area contributed by atoms with Crippen molar-refractivity contribution in [2.24, 2.45) is 0 Å². The molecular weight excluding hydrogens is 249 g/mol. The lowest BCUT2D eigenvalue weighted by Gasteiger charge is -2.16. The molecule has 0 atom stereocenters. The summed E-state index contributed by atoms with van der Waals surface area (Å²) in [5, 5.41) is 1.99. The Bertz CT molecular complexity index is 524. The van der Waals surface area contributed by atoms with E-state index >= 15 is 0 Å². The number of likely N-dealkylation sites (N-methyl/N-ethyl adjacent to an activating group) is 1. The van der Waals surface area contributed by atoms with Crippen LogP contribution in [-0.2, 0) is 17.8 Å². The van der Waals surface area contributed by atoms with Gasteiger partial charge >= 0.3 is 0 Å². The normalized spacial score (nSPS) is 10.3. The zero-order valence-corrected chi connectivity index (χ0v) is 10.9. The number of rotatable bonds is 4. The van der Waals surface area contributed by atoms with Gasteiger partial charge in [0.2, 0.25) is 5.91 Å². The molecule has 0 fully saturated rings. The molecule has 2 aromatic rings. The zero-order chi connectivity index (χ0) is 13.0. The molecule has 0 aliphatic rings. The lowest BCUT2D eigenvalue weighted by atomic mass is 10.1. The average molecular weight is 263 g/mol. The lowest BCUT2D eigenvalue weighted by Crippen LogP contribution is -2.27. The van der Waals surface area contributed by atoms with Crippen LogP contribution in [0, 0.1) is 5.82 Å². The van der Waals surface area contributed by atoms with E-state index in [0.717, 1.165) is 4.88 Å². The van der Waals surface area contributed by atoms with Gasteiger partial charge in [-0.1, -0.05) is 18.2 Å². The van der Waals surface area contributed by atoms with E-state index in [4.69, 9.17) is 0 Å². The maximum Gasteiger partial charge on any atom is 0.227 e. The van der Waals surface area contributed by atoms with Crippen LogP contribution >= 0.6 is 11.3 Å². The smallest absolute Gasteiger partial charge is 0.227 e. The van der Waals surface area contributed by atoms with E-state index in [9.17, 15) is 9.18 Å². The van der Waals surface area contributed by atoms with E-state index in [1.807, 2.05) is 17.5 Å². The molecule has 0 N–H and O–H groups in total. The van der Waals surface area contributed by atoms with E-state index in [1.165, 1.54) is 12.1 Å². The Morgan fingerprint density at radius 2 is 2.17 bits per heavy atom. The summed E-state index contributed by atoms with van der Waals surface area (Å²) in [7, 11) is 1.77. The van der Waals surface area contributed by atoms with Gasteiger partial charge in [-0.15, -0.1) is 11.3 Å². The van der Waals surface area contributed by atoms with Crippen molar-refractivity contribution in [2.75, 3.05) is 7.05 Å². The molecule has 1 aromatic heterocycles. The summed E-state index contributed by atoms with van der Waals surface area (Å²) in [5.41, 5.74) is 0.707. The Labute approximate surface area is 110 Å². The molecule has 0 spiro atoms. The zero-order valence-electron chi connectivity index (χ0n) is 10.1. The molecule has 94 valence electrons. The van der Waals surface area contributed by atoms with E-state index in [-0.39, 0.29) is 18.1 Å². The highest BCUT2D eigenvalue weighted by molar-refractivity contribution is 7.09. The van der Waals surface area contributed by atoms with E-state index < -0.39 is 0 Å². The third-order valence-electron chi connectivity index (χ3n) is 2.64. The van der Waals surface area contributed by atoms with Gasteiger partial charge in [-0.3, -0.25) is 4.79 Å². The first-order valence-corrected chi connectivity index (χ1v) is 6.54. The molecule has 1 aromatic carbocycles. The van der Waals surface area contributed by atoms with Crippen molar-refractivity contribution in [3.8, 4) is 0 Å². The number of hydrogen-bond acceptors (Lipinski definition) is 2. The highest BCUT2D eigenvalue weighted by Gasteiger charge is 2.10. The SMILES string of the molecule is CN(Cc1cccs1)C(=O)Cc1cccc(F)c1. The monoisotopic (exact) mass is 263 g/mol. The van der Waals surface area contributed by atoms with Crippen LogP contribution in [-0.4, -0.2) is 17.9 Å². The standard InChI is InChI=1S/C14H14FNOS/c1-16(10-13-6-3-7-18-13)14(17)9-11-4-2-5-12(15)8-11/h2-8H,9-10H2,1H3. The first kappa shape index (κ1) is 12.8. The molecule has 0 bridgehead atoms. The van der Waals surface area contributed by atoms with Gasteiger partial charge in [0.15, 0.2) is 0 Å². The third-order valence-corrected chi connectivity index (χ3v) is 3.50. The number of amides is 1. The van der Waals surface area contributed by atoms with Gasteiger partial charge < -0.3 is 4.90 Å². The predicted octanol–water partition coefficient (Wildman–Crippen LogP) is 3.09. The molecule has 4 heteroatoms. The molecular formula is C14H14FNOS. The number of carbonyl (C=O) groups excluding carboxylic acids is 1. The fourth-order valence-corrected chi connectivity index (χ4v) is 2.44. The van der Waals surface area contributed by atoms with E-state index in [0.29, 0.717) is 12.1 Å². The van der Waals surface area contributed by atoms with Crippen molar-refractivity contribution in [3.63, 3.8) is 0 Å². The van der Waals surface area contributed by atoms with Crippen molar-refractivity contribution < 1.29 is 9.18 Å². The molecule has 0 saturated heterocycles. The van der Waals surface area contributed by atoms with Crippen LogP contribution < -0.4 is 0 Å². The largest absolute Gasteiger partial charge is 0.340 e. The number of halogens is 1. The lowest BCUT2D eigenvalue weighted by molar-refractivity contribution is -0.129. The third kappa shape index (κ3) is 3.40. The first-order chi connectivity index (χ1) is 8.65. The number of nitrogens with zero attached hydrogens (tertiary/aromatic N) is 1. The summed E-state index contributed by atoms with van der Waals surface area (Å²) in [6.45, 7) is 0.603. The van der Waals surface area contributed by atoms with Gasteiger partial charge in [-0.05, 0) is 29.1 Å². The molecule has 1 heterocycles. The van der Waals surface area contributed by atoms with Crippen molar-refractivity contribution >= 4 is 17.2 Å². The van der Waals surface area contributed by atoms with Crippen molar-refractivity contribution in [1.82, 2.24) is 4.90 Å². The maximum atomic E-state index is 13.0. The van der Waals surface area contributed by atoms with Crippen molar-refractivity contribution in [2.45, 2.75) is 13.0 Å². The molecule has 2 nitrogen and oxygen atoms in total. The van der Waals surface area contributed by atoms with E-state index in [1.54, 1.807) is 35.4 Å². The predicted molar refractivity (Wildman–Crippen MR) is 70.9 cm³/mol. The van der Waals surface area contributed by atoms with Gasteiger partial charge in [0.05, 0.1) is 13.0 Å². The summed E-state index contributed by atoms with van der Waals surface area (Å²) in [6, 6.07) is 10.1. The molecule has 1 amide bonds. The second-order valence-electron chi connectivity index (χ2n) is 4.14. The maximum absolute atomic E-state index is 13.0. The molecule has 18 heavy (non-hydrogen) atoms. The molecule has 0 aliphatic carbocycles. The summed E-state index contributed by atoms with van der Waals surface area (Å²) < 4.78 is 13.0. The second-order valence-corrected chi connectivity index (χ2v) is 5.17. The average Bonchev–Trinajstić information content (AvgIpc) is 2.81. The Kier molecular flexibility index (Phi) is 4.10. The minimum absolute atomic E-state index is 0.00556. The van der Waals surface area contributed by atoms with Gasteiger partial charge in [0.1, 0.15) is 5.82 Å². The number of benzene rings is 1. The van der Waals surface area contributed by atoms with Gasteiger partial charge in [0.25, 0.3) is 0 Å². The van der Waals surface area contributed by atoms with Crippen LogP contribution in [0.4, 0.5) is 4.39 Å².